The quantitative estimate of drug-likeness (QED) is 0.149. The Kier molecular flexibility index (Phi) is 15.1. The summed E-state index contributed by atoms with van der Waals surface area (Å²) >= 11 is 1.78. The highest BCUT2D eigenvalue weighted by atomic mass is 32.2. The first-order valence-corrected chi connectivity index (χ1v) is 16.5. The van der Waals surface area contributed by atoms with Crippen molar-refractivity contribution in [2.75, 3.05) is 17.4 Å². The Morgan fingerprint density at radius 1 is 0.875 bits per heavy atom. The van der Waals surface area contributed by atoms with E-state index < -0.39 is 0 Å². The summed E-state index contributed by atoms with van der Waals surface area (Å²) < 4.78 is 20.6. The molecule has 2 aromatic carbocycles. The molecule has 0 unspecified atom stereocenters. The molecule has 6 heteroatoms. The molecule has 0 spiro atoms. The summed E-state index contributed by atoms with van der Waals surface area (Å²) in [6, 6.07) is 13.2. The summed E-state index contributed by atoms with van der Waals surface area (Å²) in [7, 11) is 0. The van der Waals surface area contributed by atoms with Crippen molar-refractivity contribution >= 4 is 23.4 Å². The predicted octanol–water partition coefficient (Wildman–Crippen LogP) is 9.83. The molecule has 0 radical (unpaired) electrons. The third kappa shape index (κ3) is 11.6. The summed E-state index contributed by atoms with van der Waals surface area (Å²) in [5, 5.41) is 2.10. The number of unbranched alkanes of at least 4 members (excludes halogenated alkanes) is 11. The van der Waals surface area contributed by atoms with Gasteiger partial charge in [-0.3, -0.25) is 4.79 Å². The van der Waals surface area contributed by atoms with E-state index >= 15 is 0 Å². The van der Waals surface area contributed by atoms with Gasteiger partial charge in [0.05, 0.1) is 19.0 Å². The van der Waals surface area contributed by atoms with Gasteiger partial charge in [-0.1, -0.05) is 103 Å². The van der Waals surface area contributed by atoms with Gasteiger partial charge in [0.25, 0.3) is 0 Å². The fourth-order valence-corrected chi connectivity index (χ4v) is 5.72. The highest BCUT2D eigenvalue weighted by Gasteiger charge is 2.16. The highest BCUT2D eigenvalue weighted by molar-refractivity contribution is 8.02. The molecule has 0 bridgehead atoms. The van der Waals surface area contributed by atoms with Crippen molar-refractivity contribution in [2.45, 2.75) is 110 Å². The minimum atomic E-state index is -0.368. The molecule has 0 atom stereocenters. The lowest BCUT2D eigenvalue weighted by molar-refractivity contribution is -0.118. The van der Waals surface area contributed by atoms with Gasteiger partial charge in [0, 0.05) is 24.9 Å². The van der Waals surface area contributed by atoms with Crippen LogP contribution < -0.4 is 9.64 Å². The second kappa shape index (κ2) is 18.8. The zero-order chi connectivity index (χ0) is 28.4. The van der Waals surface area contributed by atoms with Crippen LogP contribution in [0.2, 0.25) is 0 Å². The summed E-state index contributed by atoms with van der Waals surface area (Å²) in [6.45, 7) is 5.82. The lowest BCUT2D eigenvalue weighted by atomic mass is 10.1. The average molecular weight is 569 g/mol. The molecule has 0 fully saturated rings. The van der Waals surface area contributed by atoms with Gasteiger partial charge < -0.3 is 14.5 Å². The van der Waals surface area contributed by atoms with Gasteiger partial charge in [-0.05, 0) is 47.2 Å². The molecule has 1 amide bonds. The van der Waals surface area contributed by atoms with Crippen molar-refractivity contribution in [3.63, 3.8) is 0 Å². The molecule has 0 aliphatic carbocycles. The fourth-order valence-electron chi connectivity index (χ4n) is 5.01. The van der Waals surface area contributed by atoms with E-state index in [1.807, 2.05) is 25.1 Å². The molecule has 1 heterocycles. The van der Waals surface area contributed by atoms with Gasteiger partial charge in [0.15, 0.2) is 11.6 Å². The SMILES string of the molecule is CCCCCCCCCCCCCCOc1ccc(CN(C(=O)CC)c2ccc(CN3C=CSC3)cc2)cc1F. The van der Waals surface area contributed by atoms with Crippen molar-refractivity contribution in [3.8, 4) is 5.75 Å². The number of halogens is 1. The zero-order valence-electron chi connectivity index (χ0n) is 24.7. The summed E-state index contributed by atoms with van der Waals surface area (Å²) in [4.78, 5) is 16.8. The Hall–Kier alpha value is -2.47. The maximum absolute atomic E-state index is 14.8. The van der Waals surface area contributed by atoms with Crippen molar-refractivity contribution in [3.05, 3.63) is 71.0 Å². The first kappa shape index (κ1) is 32.0. The summed E-state index contributed by atoms with van der Waals surface area (Å²) in [5.41, 5.74) is 2.77. The smallest absolute Gasteiger partial charge is 0.227 e. The number of carbonyl (C=O) groups excluding carboxylic acids is 1. The van der Waals surface area contributed by atoms with Crippen LogP contribution in [0.25, 0.3) is 0 Å². The van der Waals surface area contributed by atoms with Gasteiger partial charge in [-0.15, -0.1) is 11.8 Å². The average Bonchev–Trinajstić information content (AvgIpc) is 3.48. The summed E-state index contributed by atoms with van der Waals surface area (Å²) in [5.74, 6) is 0.900. The highest BCUT2D eigenvalue weighted by Crippen LogP contribution is 2.25. The van der Waals surface area contributed by atoms with E-state index in [1.165, 1.54) is 75.8 Å². The van der Waals surface area contributed by atoms with Crippen LogP contribution in [0.15, 0.2) is 54.1 Å². The van der Waals surface area contributed by atoms with Crippen LogP contribution in [0.1, 0.15) is 108 Å². The third-order valence-electron chi connectivity index (χ3n) is 7.44. The first-order chi connectivity index (χ1) is 19.6. The van der Waals surface area contributed by atoms with Gasteiger partial charge in [-0.25, -0.2) is 4.39 Å². The van der Waals surface area contributed by atoms with Gasteiger partial charge in [0.2, 0.25) is 5.91 Å². The molecule has 4 nitrogen and oxygen atoms in total. The molecule has 0 N–H and O–H groups in total. The Balaban J connectivity index is 1.38. The number of ether oxygens (including phenoxy) is 1. The second-order valence-electron chi connectivity index (χ2n) is 10.8. The lowest BCUT2D eigenvalue weighted by Gasteiger charge is -2.23. The van der Waals surface area contributed by atoms with Gasteiger partial charge >= 0.3 is 0 Å². The van der Waals surface area contributed by atoms with Crippen LogP contribution in [-0.2, 0) is 17.9 Å². The molecule has 2 aromatic rings. The van der Waals surface area contributed by atoms with E-state index in [9.17, 15) is 9.18 Å². The molecule has 0 saturated carbocycles. The molecular formula is C34H49FN2O2S. The molecule has 40 heavy (non-hydrogen) atoms. The van der Waals surface area contributed by atoms with E-state index in [4.69, 9.17) is 4.74 Å². The van der Waals surface area contributed by atoms with E-state index in [0.717, 1.165) is 36.5 Å². The van der Waals surface area contributed by atoms with E-state index in [-0.39, 0.29) is 11.7 Å². The standard InChI is InChI=1S/C34H49FN2O2S/c1-3-5-6-7-8-9-10-11-12-13-14-15-23-39-33-21-18-30(25-32(33)35)27-37(34(38)4-2)31-19-16-29(17-20-31)26-36-22-24-40-28-36/h16-22,24-25H,3-15,23,26-28H2,1-2H3. The van der Waals surface area contributed by atoms with E-state index in [1.54, 1.807) is 22.7 Å². The number of rotatable bonds is 20. The number of hydrogen-bond donors (Lipinski definition) is 0. The van der Waals surface area contributed by atoms with Crippen molar-refractivity contribution in [1.29, 1.82) is 0 Å². The molecule has 1 aliphatic rings. The Morgan fingerprint density at radius 2 is 1.50 bits per heavy atom. The maximum Gasteiger partial charge on any atom is 0.227 e. The van der Waals surface area contributed by atoms with Crippen LogP contribution in [0.4, 0.5) is 10.1 Å². The third-order valence-corrected chi connectivity index (χ3v) is 8.23. The van der Waals surface area contributed by atoms with Gasteiger partial charge in [-0.2, -0.15) is 0 Å². The fraction of sp³-hybridized carbons (Fsp3) is 0.559. The summed E-state index contributed by atoms with van der Waals surface area (Å²) in [6.07, 6.45) is 18.0. The minimum Gasteiger partial charge on any atom is -0.491 e. The van der Waals surface area contributed by atoms with Crippen molar-refractivity contribution in [2.24, 2.45) is 0 Å². The Bertz CT molecular complexity index is 1030. The van der Waals surface area contributed by atoms with Crippen LogP contribution in [-0.4, -0.2) is 23.3 Å². The maximum atomic E-state index is 14.8. The number of benzene rings is 2. The molecule has 1 aliphatic heterocycles. The normalized spacial score (nSPS) is 12.7. The Morgan fingerprint density at radius 3 is 2.08 bits per heavy atom. The molecule has 3 rings (SSSR count). The van der Waals surface area contributed by atoms with Crippen LogP contribution in [0, 0.1) is 5.82 Å². The Labute approximate surface area is 246 Å². The van der Waals surface area contributed by atoms with Gasteiger partial charge in [0.1, 0.15) is 0 Å². The number of thioether (sulfide) groups is 1. The minimum absolute atomic E-state index is 0.0133. The van der Waals surface area contributed by atoms with Crippen molar-refractivity contribution < 1.29 is 13.9 Å². The molecule has 0 aromatic heterocycles. The van der Waals surface area contributed by atoms with Crippen LogP contribution in [0.5, 0.6) is 5.75 Å². The van der Waals surface area contributed by atoms with E-state index in [2.05, 4.69) is 35.6 Å². The number of carbonyl (C=O) groups is 1. The largest absolute Gasteiger partial charge is 0.491 e. The van der Waals surface area contributed by atoms with Crippen LogP contribution in [0.3, 0.4) is 0 Å². The lowest BCUT2D eigenvalue weighted by Crippen LogP contribution is -2.29. The molecule has 0 saturated heterocycles. The van der Waals surface area contributed by atoms with Crippen LogP contribution >= 0.6 is 11.8 Å². The number of hydrogen-bond acceptors (Lipinski definition) is 4. The first-order valence-electron chi connectivity index (χ1n) is 15.4. The number of nitrogens with zero attached hydrogens (tertiary/aromatic N) is 2. The molecule has 220 valence electrons. The number of amides is 1. The predicted molar refractivity (Wildman–Crippen MR) is 168 cm³/mol. The monoisotopic (exact) mass is 568 g/mol. The zero-order valence-corrected chi connectivity index (χ0v) is 25.5. The number of anilines is 1. The van der Waals surface area contributed by atoms with Crippen molar-refractivity contribution in [1.82, 2.24) is 4.90 Å². The van der Waals surface area contributed by atoms with E-state index in [0.29, 0.717) is 25.3 Å². The second-order valence-corrected chi connectivity index (χ2v) is 11.7. The molecular weight excluding hydrogens is 519 g/mol. The topological polar surface area (TPSA) is 32.8 Å².